The van der Waals surface area contributed by atoms with E-state index in [0.717, 1.165) is 10.2 Å². The Balaban J connectivity index is 1.62. The van der Waals surface area contributed by atoms with Crippen LogP contribution in [0.2, 0.25) is 0 Å². The SMILES string of the molecule is Cc1csc([C@](O)(CC(=O)N2CCC[C@H]2c2nc3ccccc3s2)C(F)(F)F)n1. The Labute approximate surface area is 172 Å². The molecule has 0 radical (unpaired) electrons. The van der Waals surface area contributed by atoms with E-state index in [1.807, 2.05) is 24.3 Å². The van der Waals surface area contributed by atoms with Crippen molar-refractivity contribution in [3.8, 4) is 0 Å². The summed E-state index contributed by atoms with van der Waals surface area (Å²) in [5.74, 6) is -0.751. The fourth-order valence-electron chi connectivity index (χ4n) is 3.52. The van der Waals surface area contributed by atoms with Gasteiger partial charge in [0.25, 0.3) is 0 Å². The average Bonchev–Trinajstić information content (AvgIpc) is 3.38. The Bertz CT molecular complexity index is 1020. The molecular weight excluding hydrogens is 423 g/mol. The van der Waals surface area contributed by atoms with E-state index in [9.17, 15) is 23.1 Å². The van der Waals surface area contributed by atoms with E-state index in [1.165, 1.54) is 21.6 Å². The first-order chi connectivity index (χ1) is 13.7. The van der Waals surface area contributed by atoms with Crippen LogP contribution < -0.4 is 0 Å². The van der Waals surface area contributed by atoms with Gasteiger partial charge in [0.2, 0.25) is 11.5 Å². The monoisotopic (exact) mass is 441 g/mol. The number of aromatic nitrogens is 2. The molecule has 0 unspecified atom stereocenters. The second-order valence-corrected chi connectivity index (χ2v) is 9.01. The minimum absolute atomic E-state index is 0.338. The van der Waals surface area contributed by atoms with Gasteiger partial charge in [-0.3, -0.25) is 4.79 Å². The van der Waals surface area contributed by atoms with Gasteiger partial charge in [-0.15, -0.1) is 22.7 Å². The van der Waals surface area contributed by atoms with Gasteiger partial charge in [-0.05, 0) is 31.9 Å². The van der Waals surface area contributed by atoms with Crippen LogP contribution in [-0.4, -0.2) is 38.6 Å². The van der Waals surface area contributed by atoms with Crippen LogP contribution in [0.15, 0.2) is 29.6 Å². The van der Waals surface area contributed by atoms with Gasteiger partial charge in [0.05, 0.1) is 22.7 Å². The molecule has 10 heteroatoms. The number of carbonyl (C=O) groups excluding carboxylic acids is 1. The van der Waals surface area contributed by atoms with Crippen molar-refractivity contribution in [3.63, 3.8) is 0 Å². The maximum Gasteiger partial charge on any atom is 0.424 e. The second kappa shape index (κ2) is 7.33. The number of aryl methyl sites for hydroxylation is 1. The third-order valence-corrected chi connectivity index (χ3v) is 7.27. The smallest absolute Gasteiger partial charge is 0.374 e. The molecule has 0 saturated carbocycles. The number of para-hydroxylation sites is 1. The second-order valence-electron chi connectivity index (χ2n) is 7.09. The molecule has 2 atom stereocenters. The predicted molar refractivity (Wildman–Crippen MR) is 105 cm³/mol. The van der Waals surface area contributed by atoms with Crippen molar-refractivity contribution in [2.45, 2.75) is 44.0 Å². The highest BCUT2D eigenvalue weighted by Crippen LogP contribution is 2.44. The van der Waals surface area contributed by atoms with Gasteiger partial charge in [-0.1, -0.05) is 12.1 Å². The quantitative estimate of drug-likeness (QED) is 0.644. The van der Waals surface area contributed by atoms with Crippen LogP contribution in [0.1, 0.15) is 41.0 Å². The molecule has 3 aromatic rings. The summed E-state index contributed by atoms with van der Waals surface area (Å²) in [7, 11) is 0. The maximum absolute atomic E-state index is 13.7. The van der Waals surface area contributed by atoms with Gasteiger partial charge in [0.1, 0.15) is 10.0 Å². The first kappa shape index (κ1) is 20.2. The lowest BCUT2D eigenvalue weighted by Gasteiger charge is -2.31. The van der Waals surface area contributed by atoms with E-state index < -0.39 is 29.1 Å². The lowest BCUT2D eigenvalue weighted by molar-refractivity contribution is -0.268. The van der Waals surface area contributed by atoms with Crippen LogP contribution in [0.3, 0.4) is 0 Å². The fourth-order valence-corrected chi connectivity index (χ4v) is 5.55. The number of carbonyl (C=O) groups is 1. The zero-order chi connectivity index (χ0) is 20.8. The molecule has 1 N–H and O–H groups in total. The number of fused-ring (bicyclic) bond motifs is 1. The number of amides is 1. The Morgan fingerprint density at radius 2 is 2.07 bits per heavy atom. The summed E-state index contributed by atoms with van der Waals surface area (Å²) < 4.78 is 42.2. The van der Waals surface area contributed by atoms with Gasteiger partial charge >= 0.3 is 6.18 Å². The van der Waals surface area contributed by atoms with E-state index >= 15 is 0 Å². The molecule has 0 aliphatic carbocycles. The van der Waals surface area contributed by atoms with Crippen LogP contribution in [0.5, 0.6) is 0 Å². The largest absolute Gasteiger partial charge is 0.424 e. The van der Waals surface area contributed by atoms with Crippen LogP contribution in [0.4, 0.5) is 13.2 Å². The Hall–Kier alpha value is -2.04. The minimum atomic E-state index is -5.02. The van der Waals surface area contributed by atoms with Gasteiger partial charge < -0.3 is 10.0 Å². The van der Waals surface area contributed by atoms with Crippen molar-refractivity contribution in [2.75, 3.05) is 6.54 Å². The van der Waals surface area contributed by atoms with Crippen LogP contribution in [0.25, 0.3) is 10.2 Å². The van der Waals surface area contributed by atoms with E-state index in [1.54, 1.807) is 6.92 Å². The summed E-state index contributed by atoms with van der Waals surface area (Å²) in [5.41, 5.74) is -2.13. The number of rotatable bonds is 4. The first-order valence-corrected chi connectivity index (χ1v) is 10.8. The van der Waals surface area contributed by atoms with E-state index in [0.29, 0.717) is 41.4 Å². The summed E-state index contributed by atoms with van der Waals surface area (Å²) >= 11 is 2.14. The van der Waals surface area contributed by atoms with Crippen molar-refractivity contribution >= 4 is 38.8 Å². The highest BCUT2D eigenvalue weighted by molar-refractivity contribution is 7.18. The van der Waals surface area contributed by atoms with Crippen LogP contribution in [0, 0.1) is 6.92 Å². The third kappa shape index (κ3) is 3.64. The predicted octanol–water partition coefficient (Wildman–Crippen LogP) is 4.56. The Morgan fingerprint density at radius 1 is 1.31 bits per heavy atom. The van der Waals surface area contributed by atoms with Crippen molar-refractivity contribution in [3.05, 3.63) is 45.4 Å². The molecule has 1 amide bonds. The lowest BCUT2D eigenvalue weighted by atomic mass is 9.98. The molecule has 1 aliphatic rings. The zero-order valence-electron chi connectivity index (χ0n) is 15.4. The van der Waals surface area contributed by atoms with Gasteiger partial charge in [-0.2, -0.15) is 13.2 Å². The third-order valence-electron chi connectivity index (χ3n) is 5.02. The van der Waals surface area contributed by atoms with E-state index in [2.05, 4.69) is 9.97 Å². The normalized spacial score (nSPS) is 19.6. The number of aliphatic hydroxyl groups is 1. The highest BCUT2D eigenvalue weighted by Gasteiger charge is 2.58. The molecule has 3 heterocycles. The molecule has 154 valence electrons. The van der Waals surface area contributed by atoms with E-state index in [4.69, 9.17) is 0 Å². The fraction of sp³-hybridized carbons (Fsp3) is 0.421. The molecule has 1 aromatic carbocycles. The number of benzene rings is 1. The molecule has 2 aromatic heterocycles. The number of thiazole rings is 2. The Morgan fingerprint density at radius 3 is 2.72 bits per heavy atom. The van der Waals surface area contributed by atoms with Gasteiger partial charge in [-0.25, -0.2) is 9.97 Å². The number of hydrogen-bond donors (Lipinski definition) is 1. The minimum Gasteiger partial charge on any atom is -0.374 e. The maximum atomic E-state index is 13.7. The van der Waals surface area contributed by atoms with Crippen molar-refractivity contribution in [1.82, 2.24) is 14.9 Å². The molecule has 29 heavy (non-hydrogen) atoms. The molecule has 1 aliphatic heterocycles. The van der Waals surface area contributed by atoms with Crippen molar-refractivity contribution in [1.29, 1.82) is 0 Å². The number of nitrogens with zero attached hydrogens (tertiary/aromatic N) is 3. The number of likely N-dealkylation sites (tertiary alicyclic amines) is 1. The lowest BCUT2D eigenvalue weighted by Crippen LogP contribution is -2.47. The van der Waals surface area contributed by atoms with Crippen molar-refractivity contribution in [2.24, 2.45) is 0 Å². The molecular formula is C19H18F3N3O2S2. The average molecular weight is 442 g/mol. The summed E-state index contributed by atoms with van der Waals surface area (Å²) in [6.07, 6.45) is -4.80. The summed E-state index contributed by atoms with van der Waals surface area (Å²) in [6.45, 7) is 1.88. The Kier molecular flexibility index (Phi) is 5.12. The first-order valence-electron chi connectivity index (χ1n) is 9.06. The van der Waals surface area contributed by atoms with Gasteiger partial charge in [0.15, 0.2) is 0 Å². The van der Waals surface area contributed by atoms with Crippen molar-refractivity contribution < 1.29 is 23.1 Å². The number of halogens is 3. The number of hydrogen-bond acceptors (Lipinski definition) is 6. The van der Waals surface area contributed by atoms with E-state index in [-0.39, 0.29) is 6.04 Å². The van der Waals surface area contributed by atoms with Crippen LogP contribution in [-0.2, 0) is 10.4 Å². The van der Waals surface area contributed by atoms with Crippen LogP contribution >= 0.6 is 22.7 Å². The summed E-state index contributed by atoms with van der Waals surface area (Å²) in [6, 6.07) is 7.16. The topological polar surface area (TPSA) is 66.3 Å². The standard InChI is InChI=1S/C19H18F3N3O2S2/c1-11-10-28-17(23-11)18(27,19(20,21)22)9-15(26)25-8-4-6-13(25)16-24-12-5-2-3-7-14(12)29-16/h2-3,5,7,10,13,27H,4,6,8-9H2,1H3/t13-,18+/m0/s1. The molecule has 0 bridgehead atoms. The summed E-state index contributed by atoms with van der Waals surface area (Å²) in [5, 5.41) is 12.1. The molecule has 1 fully saturated rings. The molecule has 0 spiro atoms. The highest BCUT2D eigenvalue weighted by atomic mass is 32.1. The molecule has 1 saturated heterocycles. The van der Waals surface area contributed by atoms with Gasteiger partial charge in [0, 0.05) is 17.6 Å². The summed E-state index contributed by atoms with van der Waals surface area (Å²) in [4.78, 5) is 22.7. The molecule has 5 nitrogen and oxygen atoms in total. The molecule has 4 rings (SSSR count). The number of alkyl halides is 3. The zero-order valence-corrected chi connectivity index (χ0v) is 17.1.